The molecule has 13 nitrogen and oxygen atoms in total. The molecule has 2 aliphatic rings. The molecular formula is C57H112O13. The van der Waals surface area contributed by atoms with Crippen molar-refractivity contribution in [3.8, 4) is 0 Å². The average Bonchev–Trinajstić information content (AvgIpc) is 3.30. The van der Waals surface area contributed by atoms with Crippen molar-refractivity contribution < 1.29 is 64.2 Å². The minimum atomic E-state index is -1.53. The van der Waals surface area contributed by atoms with Gasteiger partial charge in [0.25, 0.3) is 0 Å². The first-order valence-corrected chi connectivity index (χ1v) is 28.7. The van der Waals surface area contributed by atoms with E-state index in [0.717, 1.165) is 54.8 Å². The summed E-state index contributed by atoms with van der Waals surface area (Å²) in [6.07, 6.45) is 11.8. The summed E-state index contributed by atoms with van der Waals surface area (Å²) < 4.78 is 35.9. The molecule has 17 atom stereocenters. The summed E-state index contributed by atoms with van der Waals surface area (Å²) in [5.41, 5.74) is 0. The second-order valence-corrected chi connectivity index (χ2v) is 23.7. The van der Waals surface area contributed by atoms with E-state index in [-0.39, 0.29) is 26.2 Å². The molecule has 0 aromatic carbocycles. The quantitative estimate of drug-likeness (QED) is 0.0286. The monoisotopic (exact) mass is 1000 g/mol. The molecule has 418 valence electrons. The summed E-state index contributed by atoms with van der Waals surface area (Å²) in [6.45, 7) is 24.3. The molecule has 2 heterocycles. The van der Waals surface area contributed by atoms with Crippen LogP contribution in [0.15, 0.2) is 0 Å². The molecule has 2 rings (SSSR count). The van der Waals surface area contributed by atoms with E-state index in [4.69, 9.17) is 28.4 Å². The molecule has 0 saturated carbocycles. The Kier molecular flexibility index (Phi) is 35.7. The van der Waals surface area contributed by atoms with Crippen molar-refractivity contribution in [2.24, 2.45) is 47.3 Å². The van der Waals surface area contributed by atoms with Gasteiger partial charge >= 0.3 is 0 Å². The van der Waals surface area contributed by atoms with Crippen LogP contribution in [-0.2, 0) is 28.4 Å². The van der Waals surface area contributed by atoms with Crippen molar-refractivity contribution >= 4 is 0 Å². The number of aliphatic hydroxyl groups excluding tert-OH is 7. The largest absolute Gasteiger partial charge is 0.394 e. The molecule has 13 heteroatoms. The van der Waals surface area contributed by atoms with Crippen LogP contribution in [0, 0.1) is 47.3 Å². The smallest absolute Gasteiger partial charge is 0.186 e. The number of aliphatic hydroxyl groups is 7. The SMILES string of the molecule is CC(C)CCC[C@H](C)CCC[C@H](C)CCC[C@H](C)CCOC[C@H](COC1OC(CCOCC2OC(CO)C(O)C(O)C2O)C(O)C(O)C1O)OCC[C@@H](C)CCC[C@@H](C)CCC[C@@H](C)CCCC(C)C. The van der Waals surface area contributed by atoms with E-state index < -0.39 is 73.9 Å². The number of hydrogen-bond acceptors (Lipinski definition) is 13. The van der Waals surface area contributed by atoms with Crippen molar-refractivity contribution in [2.75, 3.05) is 46.2 Å². The van der Waals surface area contributed by atoms with Gasteiger partial charge in [-0.25, -0.2) is 0 Å². The summed E-state index contributed by atoms with van der Waals surface area (Å²) in [5, 5.41) is 72.5. The predicted octanol–water partition coefficient (Wildman–Crippen LogP) is 9.39. The maximum Gasteiger partial charge on any atom is 0.186 e. The van der Waals surface area contributed by atoms with E-state index in [1.807, 2.05) is 0 Å². The van der Waals surface area contributed by atoms with Gasteiger partial charge in [-0.05, 0) is 66.6 Å². The Balaban J connectivity index is 1.85. The fourth-order valence-corrected chi connectivity index (χ4v) is 10.2. The van der Waals surface area contributed by atoms with Crippen LogP contribution in [-0.4, -0.2) is 149 Å². The summed E-state index contributed by atoms with van der Waals surface area (Å²) in [6, 6.07) is 0. The highest BCUT2D eigenvalue weighted by Gasteiger charge is 2.45. The Hall–Kier alpha value is -0.520. The van der Waals surface area contributed by atoms with Crippen molar-refractivity contribution in [1.82, 2.24) is 0 Å². The van der Waals surface area contributed by atoms with Gasteiger partial charge < -0.3 is 64.2 Å². The normalized spacial score (nSPS) is 28.5. The maximum absolute atomic E-state index is 10.9. The van der Waals surface area contributed by atoms with Gasteiger partial charge in [0, 0.05) is 19.8 Å². The predicted molar refractivity (Wildman–Crippen MR) is 279 cm³/mol. The zero-order chi connectivity index (χ0) is 52.0. The fraction of sp³-hybridized carbons (Fsp3) is 1.00. The van der Waals surface area contributed by atoms with Crippen molar-refractivity contribution in [3.63, 3.8) is 0 Å². The molecule has 2 saturated heterocycles. The minimum Gasteiger partial charge on any atom is -0.394 e. The first kappa shape index (κ1) is 65.6. The van der Waals surface area contributed by atoms with Crippen LogP contribution in [0.4, 0.5) is 0 Å². The van der Waals surface area contributed by atoms with Crippen LogP contribution in [0.2, 0.25) is 0 Å². The van der Waals surface area contributed by atoms with E-state index in [0.29, 0.717) is 31.7 Å². The third kappa shape index (κ3) is 28.4. The van der Waals surface area contributed by atoms with Gasteiger partial charge in [-0.2, -0.15) is 0 Å². The lowest BCUT2D eigenvalue weighted by Gasteiger charge is -2.41. The molecule has 0 aromatic rings. The summed E-state index contributed by atoms with van der Waals surface area (Å²) in [7, 11) is 0. The lowest BCUT2D eigenvalue weighted by atomic mass is 9.91. The topological polar surface area (TPSA) is 197 Å². The van der Waals surface area contributed by atoms with Gasteiger partial charge in [-0.3, -0.25) is 0 Å². The van der Waals surface area contributed by atoms with E-state index in [1.165, 1.54) is 109 Å². The molecule has 10 unspecified atom stereocenters. The van der Waals surface area contributed by atoms with Crippen LogP contribution < -0.4 is 0 Å². The van der Waals surface area contributed by atoms with Gasteiger partial charge in [0.2, 0.25) is 0 Å². The first-order chi connectivity index (χ1) is 33.3. The fourth-order valence-electron chi connectivity index (χ4n) is 10.2. The Morgan fingerprint density at radius 2 is 0.786 bits per heavy atom. The zero-order valence-electron chi connectivity index (χ0n) is 46.3. The summed E-state index contributed by atoms with van der Waals surface area (Å²) in [4.78, 5) is 0. The van der Waals surface area contributed by atoms with Crippen LogP contribution in [0.25, 0.3) is 0 Å². The first-order valence-electron chi connectivity index (χ1n) is 28.7. The van der Waals surface area contributed by atoms with Crippen LogP contribution >= 0.6 is 0 Å². The molecule has 0 bridgehead atoms. The molecule has 0 aliphatic carbocycles. The van der Waals surface area contributed by atoms with Crippen molar-refractivity contribution in [3.05, 3.63) is 0 Å². The molecule has 0 spiro atoms. The molecule has 0 aromatic heterocycles. The minimum absolute atomic E-state index is 0.0104. The molecule has 0 amide bonds. The standard InChI is InChI=1S/C57H112O13/c1-39(2)17-11-19-41(5)21-13-23-43(7)25-15-27-45(9)29-32-65-36-47(67-34-30-46(10)28-16-26-44(8)24-14-22-42(6)20-12-18-40(3)4)37-68-57-56(64)55(63)51(59)48(70-57)31-33-66-38-50-53(61)54(62)52(60)49(35-58)69-50/h39-64H,11-38H2,1-10H3/t41-,42-,43-,44-,45-,46-,47+,48?,49?,50?,51?,52?,53?,54?,55?,56?,57?/m0/s1. The Labute approximate surface area is 427 Å². The van der Waals surface area contributed by atoms with Crippen LogP contribution in [0.1, 0.15) is 204 Å². The van der Waals surface area contributed by atoms with E-state index in [9.17, 15) is 35.7 Å². The summed E-state index contributed by atoms with van der Waals surface area (Å²) >= 11 is 0. The lowest BCUT2D eigenvalue weighted by molar-refractivity contribution is -0.304. The molecule has 2 fully saturated rings. The number of rotatable bonds is 42. The van der Waals surface area contributed by atoms with Gasteiger partial charge in [-0.15, -0.1) is 0 Å². The van der Waals surface area contributed by atoms with Gasteiger partial charge in [0.05, 0.1) is 32.5 Å². The van der Waals surface area contributed by atoms with Gasteiger partial charge in [0.1, 0.15) is 54.9 Å². The molecule has 7 N–H and O–H groups in total. The molecule has 0 radical (unpaired) electrons. The Bertz CT molecular complexity index is 1230. The zero-order valence-corrected chi connectivity index (χ0v) is 46.3. The van der Waals surface area contributed by atoms with Crippen molar-refractivity contribution in [1.29, 1.82) is 0 Å². The number of hydrogen-bond donors (Lipinski definition) is 7. The summed E-state index contributed by atoms with van der Waals surface area (Å²) in [5.74, 6) is 5.80. The van der Waals surface area contributed by atoms with Gasteiger partial charge in [0.15, 0.2) is 6.29 Å². The van der Waals surface area contributed by atoms with E-state index in [2.05, 4.69) is 69.2 Å². The molecular weight excluding hydrogens is 893 g/mol. The second kappa shape index (κ2) is 38.1. The maximum atomic E-state index is 10.9. The average molecular weight is 1010 g/mol. The van der Waals surface area contributed by atoms with Gasteiger partial charge in [-0.1, -0.05) is 185 Å². The van der Waals surface area contributed by atoms with E-state index >= 15 is 0 Å². The third-order valence-corrected chi connectivity index (χ3v) is 15.5. The van der Waals surface area contributed by atoms with Crippen molar-refractivity contribution in [2.45, 2.75) is 271 Å². The Morgan fingerprint density at radius 3 is 1.24 bits per heavy atom. The lowest BCUT2D eigenvalue weighted by Crippen LogP contribution is -2.59. The second-order valence-electron chi connectivity index (χ2n) is 23.7. The highest BCUT2D eigenvalue weighted by molar-refractivity contribution is 4.92. The molecule has 70 heavy (non-hydrogen) atoms. The van der Waals surface area contributed by atoms with E-state index in [1.54, 1.807) is 0 Å². The Morgan fingerprint density at radius 1 is 0.386 bits per heavy atom. The van der Waals surface area contributed by atoms with Crippen LogP contribution in [0.3, 0.4) is 0 Å². The highest BCUT2D eigenvalue weighted by Crippen LogP contribution is 2.28. The van der Waals surface area contributed by atoms with Crippen LogP contribution in [0.5, 0.6) is 0 Å². The third-order valence-electron chi connectivity index (χ3n) is 15.5. The highest BCUT2D eigenvalue weighted by atomic mass is 16.7. The number of ether oxygens (including phenoxy) is 6. The molecule has 2 aliphatic heterocycles.